The van der Waals surface area contributed by atoms with Crippen LogP contribution in [0, 0.1) is 5.92 Å². The zero-order chi connectivity index (χ0) is 16.4. The standard InChI is InChI=1S/C14H14ClN3O4S/c15-11-4-2-1-3-10(11)8-23(20,21)14-18-17-12(22-14)7-16-13(19)9-5-6-9/h1-4,9H,5-8H2,(H,16,19). The van der Waals surface area contributed by atoms with E-state index in [9.17, 15) is 13.2 Å². The van der Waals surface area contributed by atoms with Gasteiger partial charge >= 0.3 is 5.22 Å². The Morgan fingerprint density at radius 3 is 2.74 bits per heavy atom. The Morgan fingerprint density at radius 1 is 1.30 bits per heavy atom. The van der Waals surface area contributed by atoms with Crippen LogP contribution in [0.25, 0.3) is 0 Å². The first-order chi connectivity index (χ1) is 11.0. The number of halogens is 1. The molecule has 0 unspecified atom stereocenters. The summed E-state index contributed by atoms with van der Waals surface area (Å²) in [5, 5.41) is 9.72. The number of nitrogens with one attached hydrogen (secondary N) is 1. The van der Waals surface area contributed by atoms with Gasteiger partial charge < -0.3 is 9.73 Å². The average molecular weight is 356 g/mol. The van der Waals surface area contributed by atoms with E-state index in [1.165, 1.54) is 0 Å². The molecule has 23 heavy (non-hydrogen) atoms. The van der Waals surface area contributed by atoms with Crippen LogP contribution < -0.4 is 5.32 Å². The van der Waals surface area contributed by atoms with E-state index in [0.29, 0.717) is 10.6 Å². The Balaban J connectivity index is 1.68. The predicted octanol–water partition coefficient (Wildman–Crippen LogP) is 1.72. The molecule has 1 N–H and O–H groups in total. The second kappa shape index (κ2) is 6.29. The summed E-state index contributed by atoms with van der Waals surface area (Å²) in [5.74, 6) is -0.301. The van der Waals surface area contributed by atoms with Gasteiger partial charge in [-0.3, -0.25) is 4.79 Å². The van der Waals surface area contributed by atoms with Gasteiger partial charge in [0.1, 0.15) is 0 Å². The first kappa shape index (κ1) is 15.9. The monoisotopic (exact) mass is 355 g/mol. The molecule has 0 saturated heterocycles. The van der Waals surface area contributed by atoms with E-state index in [2.05, 4.69) is 15.5 Å². The summed E-state index contributed by atoms with van der Waals surface area (Å²) < 4.78 is 29.7. The maximum atomic E-state index is 12.3. The van der Waals surface area contributed by atoms with Crippen LogP contribution in [0.1, 0.15) is 24.3 Å². The molecule has 1 aromatic carbocycles. The highest BCUT2D eigenvalue weighted by Gasteiger charge is 2.30. The largest absolute Gasteiger partial charge is 0.411 e. The number of hydrogen-bond donors (Lipinski definition) is 1. The Bertz CT molecular complexity index is 830. The van der Waals surface area contributed by atoms with Crippen LogP contribution in [0.3, 0.4) is 0 Å². The van der Waals surface area contributed by atoms with Gasteiger partial charge in [0, 0.05) is 10.9 Å². The third kappa shape index (κ3) is 3.89. The zero-order valence-electron chi connectivity index (χ0n) is 12.0. The van der Waals surface area contributed by atoms with Crippen molar-refractivity contribution in [2.24, 2.45) is 5.92 Å². The van der Waals surface area contributed by atoms with Crippen molar-refractivity contribution in [2.45, 2.75) is 30.4 Å². The van der Waals surface area contributed by atoms with Crippen molar-refractivity contribution in [1.82, 2.24) is 15.5 Å². The minimum atomic E-state index is -3.79. The molecule has 1 heterocycles. The number of rotatable bonds is 6. The van der Waals surface area contributed by atoms with E-state index in [-0.39, 0.29) is 30.0 Å². The summed E-state index contributed by atoms with van der Waals surface area (Å²) in [6.07, 6.45) is 1.76. The molecular formula is C14H14ClN3O4S. The molecule has 0 atom stereocenters. The lowest BCUT2D eigenvalue weighted by Gasteiger charge is -2.02. The molecule has 0 aliphatic heterocycles. The maximum absolute atomic E-state index is 12.3. The average Bonchev–Trinajstić information content (AvgIpc) is 3.25. The van der Waals surface area contributed by atoms with Crippen LogP contribution in [-0.4, -0.2) is 24.5 Å². The predicted molar refractivity (Wildman–Crippen MR) is 81.2 cm³/mol. The molecule has 0 bridgehead atoms. The molecule has 7 nitrogen and oxygen atoms in total. The molecule has 122 valence electrons. The summed E-state index contributed by atoms with van der Waals surface area (Å²) in [4.78, 5) is 11.5. The number of benzene rings is 1. The summed E-state index contributed by atoms with van der Waals surface area (Å²) in [6, 6.07) is 6.64. The van der Waals surface area contributed by atoms with Crippen LogP contribution in [0.2, 0.25) is 5.02 Å². The third-order valence-electron chi connectivity index (χ3n) is 3.38. The van der Waals surface area contributed by atoms with Gasteiger partial charge in [-0.05, 0) is 24.5 Å². The molecule has 1 aromatic heterocycles. The highest BCUT2D eigenvalue weighted by molar-refractivity contribution is 7.90. The molecule has 1 aliphatic carbocycles. The lowest BCUT2D eigenvalue weighted by atomic mass is 10.2. The molecule has 0 spiro atoms. The molecule has 0 radical (unpaired) electrons. The second-order valence-electron chi connectivity index (χ2n) is 5.30. The van der Waals surface area contributed by atoms with Crippen LogP contribution >= 0.6 is 11.6 Å². The van der Waals surface area contributed by atoms with Gasteiger partial charge in [-0.25, -0.2) is 8.42 Å². The van der Waals surface area contributed by atoms with E-state index >= 15 is 0 Å². The summed E-state index contributed by atoms with van der Waals surface area (Å²) in [5.41, 5.74) is 0.455. The highest BCUT2D eigenvalue weighted by atomic mass is 35.5. The topological polar surface area (TPSA) is 102 Å². The quantitative estimate of drug-likeness (QED) is 0.846. The number of aromatic nitrogens is 2. The van der Waals surface area contributed by atoms with E-state index in [4.69, 9.17) is 16.0 Å². The maximum Gasteiger partial charge on any atom is 0.335 e. The van der Waals surface area contributed by atoms with Crippen molar-refractivity contribution < 1.29 is 17.6 Å². The van der Waals surface area contributed by atoms with E-state index < -0.39 is 15.1 Å². The number of hydrogen-bond acceptors (Lipinski definition) is 6. The van der Waals surface area contributed by atoms with Crippen LogP contribution in [-0.2, 0) is 26.9 Å². The fraction of sp³-hybridized carbons (Fsp3) is 0.357. The van der Waals surface area contributed by atoms with E-state index in [1.54, 1.807) is 24.3 Å². The summed E-state index contributed by atoms with van der Waals surface area (Å²) in [6.45, 7) is 0.0178. The Hall–Kier alpha value is -1.93. The fourth-order valence-electron chi connectivity index (χ4n) is 1.97. The fourth-order valence-corrected chi connectivity index (χ4v) is 3.42. The van der Waals surface area contributed by atoms with Gasteiger partial charge in [0.25, 0.3) is 0 Å². The molecule has 1 amide bonds. The normalized spacial score (nSPS) is 14.7. The van der Waals surface area contributed by atoms with Crippen LogP contribution in [0.15, 0.2) is 33.9 Å². The molecule has 1 fully saturated rings. The Kier molecular flexibility index (Phi) is 4.36. The number of carbonyl (C=O) groups excluding carboxylic acids is 1. The lowest BCUT2D eigenvalue weighted by molar-refractivity contribution is -0.122. The highest BCUT2D eigenvalue weighted by Crippen LogP contribution is 2.28. The van der Waals surface area contributed by atoms with Crippen molar-refractivity contribution in [3.05, 3.63) is 40.7 Å². The summed E-state index contributed by atoms with van der Waals surface area (Å²) >= 11 is 5.96. The van der Waals surface area contributed by atoms with E-state index in [0.717, 1.165) is 12.8 Å². The van der Waals surface area contributed by atoms with Crippen molar-refractivity contribution in [2.75, 3.05) is 0 Å². The minimum absolute atomic E-state index is 0.0178. The Labute approximate surface area is 138 Å². The van der Waals surface area contributed by atoms with Crippen LogP contribution in [0.4, 0.5) is 0 Å². The zero-order valence-corrected chi connectivity index (χ0v) is 13.6. The second-order valence-corrected chi connectivity index (χ2v) is 7.58. The molecule has 2 aromatic rings. The van der Waals surface area contributed by atoms with Gasteiger partial charge in [-0.15, -0.1) is 5.10 Å². The van der Waals surface area contributed by atoms with Gasteiger partial charge in [-0.1, -0.05) is 34.9 Å². The number of carbonyl (C=O) groups is 1. The molecule has 1 aliphatic rings. The van der Waals surface area contributed by atoms with Crippen LogP contribution in [0.5, 0.6) is 0 Å². The smallest absolute Gasteiger partial charge is 0.335 e. The number of sulfone groups is 1. The Morgan fingerprint density at radius 2 is 2.04 bits per heavy atom. The SMILES string of the molecule is O=C(NCc1nnc(S(=O)(=O)Cc2ccccc2Cl)o1)C1CC1. The molecule has 3 rings (SSSR count). The van der Waals surface area contributed by atoms with Gasteiger partial charge in [0.15, 0.2) is 0 Å². The minimum Gasteiger partial charge on any atom is -0.411 e. The first-order valence-corrected chi connectivity index (χ1v) is 9.05. The van der Waals surface area contributed by atoms with Crippen molar-refractivity contribution in [3.8, 4) is 0 Å². The molecular weight excluding hydrogens is 342 g/mol. The van der Waals surface area contributed by atoms with Crippen molar-refractivity contribution in [3.63, 3.8) is 0 Å². The number of nitrogens with zero attached hydrogens (tertiary/aromatic N) is 2. The lowest BCUT2D eigenvalue weighted by Crippen LogP contribution is -2.24. The first-order valence-electron chi connectivity index (χ1n) is 7.02. The third-order valence-corrected chi connectivity index (χ3v) is 5.14. The van der Waals surface area contributed by atoms with Crippen molar-refractivity contribution in [1.29, 1.82) is 0 Å². The molecule has 1 saturated carbocycles. The summed E-state index contributed by atoms with van der Waals surface area (Å²) in [7, 11) is -3.79. The van der Waals surface area contributed by atoms with E-state index in [1.807, 2.05) is 0 Å². The number of amides is 1. The van der Waals surface area contributed by atoms with Gasteiger partial charge in [0.2, 0.25) is 21.6 Å². The molecule has 9 heteroatoms. The van der Waals surface area contributed by atoms with Gasteiger partial charge in [0.05, 0.1) is 12.3 Å². The van der Waals surface area contributed by atoms with Crippen molar-refractivity contribution >= 4 is 27.3 Å². The van der Waals surface area contributed by atoms with Gasteiger partial charge in [-0.2, -0.15) is 0 Å².